The molecule has 0 radical (unpaired) electrons. The number of anilines is 1. The zero-order chi connectivity index (χ0) is 13.0. The number of rotatable bonds is 5. The van der Waals surface area contributed by atoms with Crippen molar-refractivity contribution in [2.75, 3.05) is 25.6 Å². The Morgan fingerprint density at radius 3 is 3.00 bits per heavy atom. The van der Waals surface area contributed by atoms with Gasteiger partial charge >= 0.3 is 0 Å². The van der Waals surface area contributed by atoms with E-state index in [9.17, 15) is 0 Å². The lowest BCUT2D eigenvalue weighted by atomic mass is 10.3. The van der Waals surface area contributed by atoms with Gasteiger partial charge < -0.3 is 10.1 Å². The van der Waals surface area contributed by atoms with Crippen molar-refractivity contribution in [3.05, 3.63) is 22.3 Å². The summed E-state index contributed by atoms with van der Waals surface area (Å²) in [6, 6.07) is 1.62. The summed E-state index contributed by atoms with van der Waals surface area (Å²) < 4.78 is 9.13. The molecular weight excluding hydrogens is 295 g/mol. The van der Waals surface area contributed by atoms with E-state index in [0.29, 0.717) is 39.8 Å². The number of nitrogens with zero attached hydrogens (tertiary/aromatic N) is 3. The molecule has 0 amide bonds. The molecule has 0 atom stereocenters. The minimum atomic E-state index is 0.434. The third kappa shape index (κ3) is 3.29. The first-order valence-electron chi connectivity index (χ1n) is 5.08. The second-order valence-corrected chi connectivity index (χ2v) is 4.92. The zero-order valence-electron chi connectivity index (χ0n) is 9.48. The van der Waals surface area contributed by atoms with Gasteiger partial charge in [0.05, 0.1) is 16.7 Å². The van der Waals surface area contributed by atoms with Gasteiger partial charge in [-0.2, -0.15) is 9.36 Å². The lowest BCUT2D eigenvalue weighted by molar-refractivity contribution is 0.211. The zero-order valence-corrected chi connectivity index (χ0v) is 11.8. The van der Waals surface area contributed by atoms with Crippen molar-refractivity contribution in [2.45, 2.75) is 0 Å². The lowest BCUT2D eigenvalue weighted by Crippen LogP contribution is -2.07. The Kier molecular flexibility index (Phi) is 4.71. The summed E-state index contributed by atoms with van der Waals surface area (Å²) in [6.07, 6.45) is 1.52. The van der Waals surface area contributed by atoms with E-state index in [0.717, 1.165) is 0 Å². The average molecular weight is 305 g/mol. The molecule has 0 aliphatic heterocycles. The summed E-state index contributed by atoms with van der Waals surface area (Å²) in [4.78, 5) is 8.42. The average Bonchev–Trinajstić information content (AvgIpc) is 2.78. The molecule has 2 aromatic heterocycles. The van der Waals surface area contributed by atoms with Crippen LogP contribution in [0.4, 0.5) is 5.13 Å². The Balaban J connectivity index is 2.13. The van der Waals surface area contributed by atoms with E-state index >= 15 is 0 Å². The predicted molar refractivity (Wildman–Crippen MR) is 73.5 cm³/mol. The number of methoxy groups -OCH3 is 1. The molecule has 18 heavy (non-hydrogen) atoms. The molecule has 0 unspecified atom stereocenters. The first-order chi connectivity index (χ1) is 8.70. The first kappa shape index (κ1) is 13.5. The maximum absolute atomic E-state index is 6.04. The van der Waals surface area contributed by atoms with Gasteiger partial charge in [0.1, 0.15) is 5.69 Å². The van der Waals surface area contributed by atoms with Crippen LogP contribution in [0, 0.1) is 0 Å². The molecule has 96 valence electrons. The Morgan fingerprint density at radius 2 is 2.28 bits per heavy atom. The van der Waals surface area contributed by atoms with E-state index in [4.69, 9.17) is 27.9 Å². The highest BCUT2D eigenvalue weighted by Gasteiger charge is 2.11. The molecule has 0 aliphatic rings. The van der Waals surface area contributed by atoms with E-state index in [1.807, 2.05) is 0 Å². The van der Waals surface area contributed by atoms with Gasteiger partial charge in [-0.25, -0.2) is 4.98 Å². The van der Waals surface area contributed by atoms with Crippen molar-refractivity contribution in [1.29, 1.82) is 0 Å². The summed E-state index contributed by atoms with van der Waals surface area (Å²) >= 11 is 13.1. The SMILES string of the molecule is COCCNc1nc(-c2ncc(Cl)cc2Cl)ns1. The van der Waals surface area contributed by atoms with E-state index in [1.54, 1.807) is 13.2 Å². The van der Waals surface area contributed by atoms with Gasteiger partial charge in [0.25, 0.3) is 0 Å². The van der Waals surface area contributed by atoms with Gasteiger partial charge in [0.2, 0.25) is 5.13 Å². The Hall–Kier alpha value is -0.950. The standard InChI is InChI=1S/C10H10Cl2N4OS/c1-17-3-2-13-10-15-9(16-18-10)8-7(12)4-6(11)5-14-8/h4-5H,2-3H2,1H3,(H,13,15,16). The molecule has 2 rings (SSSR count). The van der Waals surface area contributed by atoms with Crippen LogP contribution in [0.25, 0.3) is 11.5 Å². The molecule has 2 heterocycles. The third-order valence-corrected chi connectivity index (χ3v) is 3.20. The fraction of sp³-hybridized carbons (Fsp3) is 0.300. The van der Waals surface area contributed by atoms with Crippen LogP contribution >= 0.6 is 34.7 Å². The van der Waals surface area contributed by atoms with Crippen molar-refractivity contribution in [1.82, 2.24) is 14.3 Å². The summed E-state index contributed by atoms with van der Waals surface area (Å²) in [5.74, 6) is 0.488. The van der Waals surface area contributed by atoms with E-state index < -0.39 is 0 Å². The highest BCUT2D eigenvalue weighted by atomic mass is 35.5. The van der Waals surface area contributed by atoms with Crippen LogP contribution in [0.2, 0.25) is 10.0 Å². The minimum Gasteiger partial charge on any atom is -0.383 e. The maximum Gasteiger partial charge on any atom is 0.203 e. The van der Waals surface area contributed by atoms with Gasteiger partial charge in [-0.1, -0.05) is 23.2 Å². The predicted octanol–water partition coefficient (Wildman–Crippen LogP) is 2.97. The molecule has 1 N–H and O–H groups in total. The largest absolute Gasteiger partial charge is 0.383 e. The Labute approximate surface area is 118 Å². The first-order valence-corrected chi connectivity index (χ1v) is 6.61. The van der Waals surface area contributed by atoms with Crippen molar-refractivity contribution >= 4 is 39.9 Å². The topological polar surface area (TPSA) is 59.9 Å². The minimum absolute atomic E-state index is 0.434. The molecule has 0 fully saturated rings. The lowest BCUT2D eigenvalue weighted by Gasteiger charge is -2.00. The van der Waals surface area contributed by atoms with Crippen LogP contribution in [-0.4, -0.2) is 34.6 Å². The fourth-order valence-corrected chi connectivity index (χ4v) is 2.29. The second kappa shape index (κ2) is 6.29. The summed E-state index contributed by atoms with van der Waals surface area (Å²) in [5, 5.41) is 4.71. The van der Waals surface area contributed by atoms with Crippen LogP contribution in [-0.2, 0) is 4.74 Å². The van der Waals surface area contributed by atoms with Crippen LogP contribution in [0.15, 0.2) is 12.3 Å². The number of halogens is 2. The molecule has 0 aromatic carbocycles. The Bertz CT molecular complexity index is 534. The molecule has 0 saturated heterocycles. The summed E-state index contributed by atoms with van der Waals surface area (Å²) in [7, 11) is 1.64. The summed E-state index contributed by atoms with van der Waals surface area (Å²) in [6.45, 7) is 1.28. The van der Waals surface area contributed by atoms with Gasteiger partial charge in [-0.3, -0.25) is 0 Å². The fourth-order valence-electron chi connectivity index (χ4n) is 1.23. The molecule has 5 nitrogen and oxygen atoms in total. The smallest absolute Gasteiger partial charge is 0.203 e. The van der Waals surface area contributed by atoms with E-state index in [1.165, 1.54) is 17.7 Å². The summed E-state index contributed by atoms with van der Waals surface area (Å²) in [5.41, 5.74) is 0.525. The number of nitrogens with one attached hydrogen (secondary N) is 1. The number of ether oxygens (including phenoxy) is 1. The van der Waals surface area contributed by atoms with E-state index in [-0.39, 0.29) is 0 Å². The highest BCUT2D eigenvalue weighted by Crippen LogP contribution is 2.27. The number of aromatic nitrogens is 3. The molecule has 8 heteroatoms. The second-order valence-electron chi connectivity index (χ2n) is 3.33. The molecule has 2 aromatic rings. The molecule has 0 spiro atoms. The van der Waals surface area contributed by atoms with Crippen LogP contribution < -0.4 is 5.32 Å². The molecular formula is C10H10Cl2N4OS. The van der Waals surface area contributed by atoms with Gasteiger partial charge in [0.15, 0.2) is 5.82 Å². The number of hydrogen-bond acceptors (Lipinski definition) is 6. The van der Waals surface area contributed by atoms with Gasteiger partial charge in [-0.15, -0.1) is 0 Å². The monoisotopic (exact) mass is 304 g/mol. The number of hydrogen-bond donors (Lipinski definition) is 1. The maximum atomic E-state index is 6.04. The normalized spacial score (nSPS) is 10.6. The van der Waals surface area contributed by atoms with Crippen molar-refractivity contribution < 1.29 is 4.74 Å². The van der Waals surface area contributed by atoms with E-state index in [2.05, 4.69) is 19.7 Å². The van der Waals surface area contributed by atoms with Gasteiger partial charge in [0, 0.05) is 31.4 Å². The van der Waals surface area contributed by atoms with Crippen LogP contribution in [0.1, 0.15) is 0 Å². The van der Waals surface area contributed by atoms with Crippen molar-refractivity contribution in [2.24, 2.45) is 0 Å². The van der Waals surface area contributed by atoms with Crippen LogP contribution in [0.3, 0.4) is 0 Å². The highest BCUT2D eigenvalue weighted by molar-refractivity contribution is 7.09. The van der Waals surface area contributed by atoms with Gasteiger partial charge in [-0.05, 0) is 6.07 Å². The van der Waals surface area contributed by atoms with Crippen LogP contribution in [0.5, 0.6) is 0 Å². The molecule has 0 bridgehead atoms. The Morgan fingerprint density at radius 1 is 1.44 bits per heavy atom. The van der Waals surface area contributed by atoms with Crippen molar-refractivity contribution in [3.63, 3.8) is 0 Å². The van der Waals surface area contributed by atoms with Crippen molar-refractivity contribution in [3.8, 4) is 11.5 Å². The molecule has 0 aliphatic carbocycles. The quantitative estimate of drug-likeness (QED) is 0.861. The molecule has 0 saturated carbocycles. The number of pyridine rings is 1. The third-order valence-electron chi connectivity index (χ3n) is 2.03.